The van der Waals surface area contributed by atoms with Crippen LogP contribution in [0.4, 0.5) is 11.5 Å². The summed E-state index contributed by atoms with van der Waals surface area (Å²) < 4.78 is 2.18. The van der Waals surface area contributed by atoms with Crippen LogP contribution in [0.5, 0.6) is 0 Å². The maximum absolute atomic E-state index is 10.7. The van der Waals surface area contributed by atoms with Gasteiger partial charge in [0.05, 0.1) is 11.1 Å². The maximum Gasteiger partial charge on any atom is 0.287 e. The average Bonchev–Trinajstić information content (AvgIpc) is 3.08. The number of aromatic nitrogens is 2. The summed E-state index contributed by atoms with van der Waals surface area (Å²) in [4.78, 5) is 14.2. The van der Waals surface area contributed by atoms with Crippen molar-refractivity contribution in [3.05, 3.63) is 106 Å². The van der Waals surface area contributed by atoms with Crippen molar-refractivity contribution in [3.63, 3.8) is 0 Å². The molecule has 0 saturated heterocycles. The van der Waals surface area contributed by atoms with Crippen LogP contribution in [-0.2, 0) is 0 Å². The van der Waals surface area contributed by atoms with Crippen molar-refractivity contribution in [1.82, 2.24) is 9.55 Å². The van der Waals surface area contributed by atoms with E-state index in [4.69, 9.17) is 0 Å². The number of anilines is 1. The molecule has 1 N–H and O–H groups in total. The Kier molecular flexibility index (Phi) is 5.57. The first-order valence-electron chi connectivity index (χ1n) is 9.77. The molecule has 2 aromatic heterocycles. The molecule has 0 amide bonds. The predicted molar refractivity (Wildman–Crippen MR) is 123 cm³/mol. The van der Waals surface area contributed by atoms with Crippen LogP contribution in [0.15, 0.2) is 84.1 Å². The summed E-state index contributed by atoms with van der Waals surface area (Å²) in [5, 5.41) is 14.9. The summed E-state index contributed by atoms with van der Waals surface area (Å²) in [5.74, 6) is 0.437. The molecule has 7 heteroatoms. The Morgan fingerprint density at radius 2 is 1.71 bits per heavy atom. The Morgan fingerprint density at radius 1 is 1.00 bits per heavy atom. The van der Waals surface area contributed by atoms with Gasteiger partial charge in [-0.05, 0) is 49.2 Å². The van der Waals surface area contributed by atoms with E-state index in [2.05, 4.69) is 69.5 Å². The van der Waals surface area contributed by atoms with Crippen LogP contribution in [0.25, 0.3) is 16.8 Å². The summed E-state index contributed by atoms with van der Waals surface area (Å²) in [6.07, 6.45) is 2.92. The van der Waals surface area contributed by atoms with Gasteiger partial charge in [0.25, 0.3) is 5.69 Å². The van der Waals surface area contributed by atoms with Crippen LogP contribution >= 0.6 is 0 Å². The number of rotatable bonds is 6. The topological polar surface area (TPSA) is 85.3 Å². The number of nitro groups is 1. The fourth-order valence-electron chi connectivity index (χ4n) is 3.48. The zero-order valence-electron chi connectivity index (χ0n) is 17.2. The van der Waals surface area contributed by atoms with E-state index in [0.717, 1.165) is 22.6 Å². The fraction of sp³-hybridized carbons (Fsp3) is 0.0833. The lowest BCUT2D eigenvalue weighted by Crippen LogP contribution is -2.00. The molecule has 0 spiro atoms. The minimum atomic E-state index is -0.485. The highest BCUT2D eigenvalue weighted by Crippen LogP contribution is 2.24. The van der Waals surface area contributed by atoms with E-state index in [1.54, 1.807) is 6.21 Å². The molecule has 31 heavy (non-hydrogen) atoms. The first kappa shape index (κ1) is 20.0. The first-order chi connectivity index (χ1) is 15.0. The van der Waals surface area contributed by atoms with Crippen LogP contribution in [-0.4, -0.2) is 20.7 Å². The van der Waals surface area contributed by atoms with Crippen molar-refractivity contribution in [3.8, 4) is 16.8 Å². The van der Waals surface area contributed by atoms with Gasteiger partial charge in [-0.25, -0.2) is 4.98 Å². The van der Waals surface area contributed by atoms with Crippen molar-refractivity contribution in [2.24, 2.45) is 5.10 Å². The Hall–Kier alpha value is -4.26. The molecule has 0 atom stereocenters. The largest absolute Gasteiger partial charge is 0.318 e. The zero-order chi connectivity index (χ0) is 21.8. The average molecular weight is 411 g/mol. The summed E-state index contributed by atoms with van der Waals surface area (Å²) in [6.45, 7) is 4.10. The van der Waals surface area contributed by atoms with Gasteiger partial charge in [-0.3, -0.25) is 15.5 Å². The van der Waals surface area contributed by atoms with Crippen LogP contribution in [0.1, 0.15) is 17.0 Å². The second-order valence-corrected chi connectivity index (χ2v) is 7.10. The molecular weight excluding hydrogens is 390 g/mol. The molecule has 4 rings (SSSR count). The van der Waals surface area contributed by atoms with Crippen LogP contribution in [0.3, 0.4) is 0 Å². The summed E-state index contributed by atoms with van der Waals surface area (Å²) in [6, 6.07) is 23.7. The van der Waals surface area contributed by atoms with Gasteiger partial charge < -0.3 is 4.57 Å². The Morgan fingerprint density at radius 3 is 2.35 bits per heavy atom. The van der Waals surface area contributed by atoms with Gasteiger partial charge in [-0.2, -0.15) is 5.10 Å². The third-order valence-electron chi connectivity index (χ3n) is 5.04. The molecule has 154 valence electrons. The van der Waals surface area contributed by atoms with Crippen LogP contribution < -0.4 is 5.43 Å². The first-order valence-corrected chi connectivity index (χ1v) is 9.77. The van der Waals surface area contributed by atoms with Gasteiger partial charge in [0.2, 0.25) is 0 Å². The minimum Gasteiger partial charge on any atom is -0.318 e. The molecule has 4 aromatic rings. The SMILES string of the molecule is Cc1cc(/C=N/Nc2ccc([N+](=O)[O-])cn2)c(C)n1-c1ccc(-c2ccccc2)cc1. The van der Waals surface area contributed by atoms with E-state index in [0.29, 0.717) is 5.82 Å². The molecular formula is C24H21N5O2. The number of benzene rings is 2. The summed E-state index contributed by atoms with van der Waals surface area (Å²) in [5.41, 5.74) is 9.32. The molecule has 0 aliphatic rings. The molecule has 0 aliphatic heterocycles. The van der Waals surface area contributed by atoms with Gasteiger partial charge in [-0.1, -0.05) is 42.5 Å². The quantitative estimate of drug-likeness (QED) is 0.257. The summed E-state index contributed by atoms with van der Waals surface area (Å²) in [7, 11) is 0. The molecule has 0 fully saturated rings. The third kappa shape index (κ3) is 4.35. The highest BCUT2D eigenvalue weighted by atomic mass is 16.6. The van der Waals surface area contributed by atoms with E-state index in [-0.39, 0.29) is 5.69 Å². The van der Waals surface area contributed by atoms with Crippen molar-refractivity contribution >= 4 is 17.7 Å². The number of aryl methyl sites for hydroxylation is 1. The third-order valence-corrected chi connectivity index (χ3v) is 5.04. The number of hydrogen-bond acceptors (Lipinski definition) is 5. The van der Waals surface area contributed by atoms with Crippen LogP contribution in [0.2, 0.25) is 0 Å². The number of pyridine rings is 1. The lowest BCUT2D eigenvalue weighted by Gasteiger charge is -2.11. The van der Waals surface area contributed by atoms with Gasteiger partial charge in [0.15, 0.2) is 0 Å². The van der Waals surface area contributed by atoms with Crippen molar-refractivity contribution in [2.45, 2.75) is 13.8 Å². The number of nitrogens with one attached hydrogen (secondary N) is 1. The lowest BCUT2D eigenvalue weighted by molar-refractivity contribution is -0.385. The molecule has 0 aliphatic carbocycles. The van der Waals surface area contributed by atoms with Gasteiger partial charge >= 0.3 is 0 Å². The minimum absolute atomic E-state index is 0.0589. The smallest absolute Gasteiger partial charge is 0.287 e. The van der Waals surface area contributed by atoms with Crippen molar-refractivity contribution in [1.29, 1.82) is 0 Å². The molecule has 2 aromatic carbocycles. The molecule has 0 bridgehead atoms. The second-order valence-electron chi connectivity index (χ2n) is 7.10. The number of hydrazone groups is 1. The number of nitrogens with zero attached hydrogens (tertiary/aromatic N) is 4. The van der Waals surface area contributed by atoms with E-state index >= 15 is 0 Å². The predicted octanol–water partition coefficient (Wildman–Crippen LogP) is 5.51. The summed E-state index contributed by atoms with van der Waals surface area (Å²) >= 11 is 0. The molecule has 0 unspecified atom stereocenters. The Bertz CT molecular complexity index is 1230. The molecule has 0 radical (unpaired) electrons. The van der Waals surface area contributed by atoms with Gasteiger partial charge in [0, 0.05) is 28.7 Å². The Labute approximate surface area is 179 Å². The molecule has 7 nitrogen and oxygen atoms in total. The standard InChI is InChI=1S/C24H21N5O2/c1-17-14-21(15-26-27-24-13-12-23(16-25-24)29(30)31)18(2)28(17)22-10-8-20(9-11-22)19-6-4-3-5-7-19/h3-16H,1-2H3,(H,25,27)/b26-15+. The van der Waals surface area contributed by atoms with Gasteiger partial charge in [0.1, 0.15) is 12.0 Å². The highest BCUT2D eigenvalue weighted by molar-refractivity contribution is 5.82. The monoisotopic (exact) mass is 411 g/mol. The van der Waals surface area contributed by atoms with E-state index in [1.165, 1.54) is 29.5 Å². The van der Waals surface area contributed by atoms with E-state index in [9.17, 15) is 10.1 Å². The second kappa shape index (κ2) is 8.62. The zero-order valence-corrected chi connectivity index (χ0v) is 17.2. The van der Waals surface area contributed by atoms with Crippen molar-refractivity contribution in [2.75, 3.05) is 5.43 Å². The Balaban J connectivity index is 1.52. The maximum atomic E-state index is 10.7. The van der Waals surface area contributed by atoms with E-state index in [1.807, 2.05) is 25.1 Å². The van der Waals surface area contributed by atoms with Crippen LogP contribution in [0, 0.1) is 24.0 Å². The highest BCUT2D eigenvalue weighted by Gasteiger charge is 2.10. The normalized spacial score (nSPS) is 11.0. The van der Waals surface area contributed by atoms with E-state index < -0.39 is 4.92 Å². The van der Waals surface area contributed by atoms with Crippen molar-refractivity contribution < 1.29 is 4.92 Å². The molecule has 0 saturated carbocycles. The van der Waals surface area contributed by atoms with Gasteiger partial charge in [-0.15, -0.1) is 0 Å². The lowest BCUT2D eigenvalue weighted by atomic mass is 10.1. The molecule has 2 heterocycles. The number of hydrogen-bond donors (Lipinski definition) is 1. The fourth-order valence-corrected chi connectivity index (χ4v) is 3.48.